The molecular weight excluding hydrogens is 336 g/mol. The van der Waals surface area contributed by atoms with Crippen molar-refractivity contribution in [2.45, 2.75) is 37.2 Å². The summed E-state index contributed by atoms with van der Waals surface area (Å²) in [5.74, 6) is -0.238. The average molecular weight is 358 g/mol. The van der Waals surface area contributed by atoms with Crippen LogP contribution in [0.1, 0.15) is 24.0 Å². The molecule has 1 amide bonds. The van der Waals surface area contributed by atoms with Crippen molar-refractivity contribution >= 4 is 15.9 Å². The Labute approximate surface area is 148 Å². The fourth-order valence-electron chi connectivity index (χ4n) is 3.10. The van der Waals surface area contributed by atoms with E-state index in [0.29, 0.717) is 25.9 Å². The fourth-order valence-corrected chi connectivity index (χ4v) is 4.87. The smallest absolute Gasteiger partial charge is 0.243 e. The van der Waals surface area contributed by atoms with Gasteiger partial charge in [0, 0.05) is 13.1 Å². The fraction of sp³-hybridized carbons (Fsp3) is 0.316. The lowest BCUT2D eigenvalue weighted by Gasteiger charge is -2.23. The molecule has 1 aliphatic heterocycles. The van der Waals surface area contributed by atoms with Crippen LogP contribution in [0.25, 0.3) is 0 Å². The van der Waals surface area contributed by atoms with Gasteiger partial charge in [-0.3, -0.25) is 4.79 Å². The summed E-state index contributed by atoms with van der Waals surface area (Å²) in [5.41, 5.74) is 1.87. The number of sulfonamides is 1. The van der Waals surface area contributed by atoms with E-state index >= 15 is 0 Å². The van der Waals surface area contributed by atoms with Crippen molar-refractivity contribution in [3.63, 3.8) is 0 Å². The highest BCUT2D eigenvalue weighted by molar-refractivity contribution is 7.89. The van der Waals surface area contributed by atoms with Crippen molar-refractivity contribution in [2.75, 3.05) is 6.54 Å². The second-order valence-electron chi connectivity index (χ2n) is 6.29. The minimum atomic E-state index is -3.67. The Hall–Kier alpha value is -2.18. The highest BCUT2D eigenvalue weighted by Crippen LogP contribution is 2.26. The number of hydrogen-bond acceptors (Lipinski definition) is 3. The summed E-state index contributed by atoms with van der Waals surface area (Å²) in [6.07, 6.45) is 1.24. The van der Waals surface area contributed by atoms with Crippen LogP contribution in [0.4, 0.5) is 0 Å². The van der Waals surface area contributed by atoms with Gasteiger partial charge in [0.05, 0.1) is 4.90 Å². The average Bonchev–Trinajstić information content (AvgIpc) is 3.11. The molecule has 1 aliphatic rings. The summed E-state index contributed by atoms with van der Waals surface area (Å²) >= 11 is 0. The van der Waals surface area contributed by atoms with E-state index in [4.69, 9.17) is 0 Å². The molecule has 132 valence electrons. The molecule has 1 atom stereocenters. The summed E-state index contributed by atoms with van der Waals surface area (Å²) in [5, 5.41) is 2.86. The zero-order valence-electron chi connectivity index (χ0n) is 14.2. The Bertz CT molecular complexity index is 850. The molecule has 0 bridgehead atoms. The van der Waals surface area contributed by atoms with E-state index in [9.17, 15) is 13.2 Å². The number of aryl methyl sites for hydroxylation is 1. The van der Waals surface area contributed by atoms with Gasteiger partial charge >= 0.3 is 0 Å². The molecule has 0 spiro atoms. The van der Waals surface area contributed by atoms with Crippen LogP contribution in [0.5, 0.6) is 0 Å². The summed E-state index contributed by atoms with van der Waals surface area (Å²) in [7, 11) is -3.67. The molecule has 2 aromatic rings. The first kappa shape index (κ1) is 17.6. The minimum absolute atomic E-state index is 0.238. The molecule has 1 N–H and O–H groups in total. The molecule has 0 radical (unpaired) electrons. The van der Waals surface area contributed by atoms with E-state index < -0.39 is 16.1 Å². The highest BCUT2D eigenvalue weighted by Gasteiger charge is 2.39. The van der Waals surface area contributed by atoms with E-state index in [0.717, 1.165) is 11.1 Å². The molecule has 0 unspecified atom stereocenters. The first-order chi connectivity index (χ1) is 12.0. The van der Waals surface area contributed by atoms with E-state index in [1.54, 1.807) is 18.2 Å². The SMILES string of the molecule is Cc1cccc(S(=O)(=O)N2CCC[C@H]2C(=O)NCc2ccccc2)c1. The summed E-state index contributed by atoms with van der Waals surface area (Å²) in [6.45, 7) is 2.63. The van der Waals surface area contributed by atoms with E-state index in [2.05, 4.69) is 5.32 Å². The molecule has 0 aromatic heterocycles. The number of nitrogens with one attached hydrogen (secondary N) is 1. The van der Waals surface area contributed by atoms with Gasteiger partial charge in [-0.2, -0.15) is 4.31 Å². The van der Waals surface area contributed by atoms with Crippen molar-refractivity contribution < 1.29 is 13.2 Å². The summed E-state index contributed by atoms with van der Waals surface area (Å²) < 4.78 is 27.2. The first-order valence-corrected chi connectivity index (χ1v) is 9.82. The lowest BCUT2D eigenvalue weighted by atomic mass is 10.2. The molecule has 25 heavy (non-hydrogen) atoms. The van der Waals surface area contributed by atoms with Crippen LogP contribution in [-0.4, -0.2) is 31.2 Å². The second kappa shape index (κ2) is 7.37. The standard InChI is InChI=1S/C19H22N2O3S/c1-15-7-5-10-17(13-15)25(23,24)21-12-6-11-18(21)19(22)20-14-16-8-3-2-4-9-16/h2-5,7-10,13,18H,6,11-12,14H2,1H3,(H,20,22)/t18-/m0/s1. The maximum absolute atomic E-state index is 12.9. The Morgan fingerprint density at radius 2 is 1.92 bits per heavy atom. The van der Waals surface area contributed by atoms with Gasteiger partial charge in [0.25, 0.3) is 0 Å². The van der Waals surface area contributed by atoms with Crippen LogP contribution in [-0.2, 0) is 21.4 Å². The molecule has 5 nitrogen and oxygen atoms in total. The molecule has 0 saturated carbocycles. The van der Waals surface area contributed by atoms with Gasteiger partial charge in [0.2, 0.25) is 15.9 Å². The topological polar surface area (TPSA) is 66.5 Å². The Morgan fingerprint density at radius 3 is 2.64 bits per heavy atom. The maximum atomic E-state index is 12.9. The van der Waals surface area contributed by atoms with E-state index in [1.807, 2.05) is 43.3 Å². The van der Waals surface area contributed by atoms with Crippen molar-refractivity contribution in [3.05, 3.63) is 65.7 Å². The van der Waals surface area contributed by atoms with Crippen molar-refractivity contribution in [2.24, 2.45) is 0 Å². The molecule has 0 aliphatic carbocycles. The van der Waals surface area contributed by atoms with E-state index in [1.165, 1.54) is 4.31 Å². The van der Waals surface area contributed by atoms with E-state index in [-0.39, 0.29) is 10.8 Å². The van der Waals surface area contributed by atoms with Gasteiger partial charge in [-0.05, 0) is 43.0 Å². The van der Waals surface area contributed by atoms with Crippen LogP contribution < -0.4 is 5.32 Å². The summed E-state index contributed by atoms with van der Waals surface area (Å²) in [6, 6.07) is 15.7. The third kappa shape index (κ3) is 3.91. The van der Waals surface area contributed by atoms with Gasteiger partial charge in [-0.1, -0.05) is 42.5 Å². The van der Waals surface area contributed by atoms with Crippen molar-refractivity contribution in [3.8, 4) is 0 Å². The van der Waals surface area contributed by atoms with Gasteiger partial charge < -0.3 is 5.32 Å². The molecule has 1 fully saturated rings. The van der Waals surface area contributed by atoms with Crippen LogP contribution in [0, 0.1) is 6.92 Å². The zero-order chi connectivity index (χ0) is 17.9. The number of carbonyl (C=O) groups is 1. The highest BCUT2D eigenvalue weighted by atomic mass is 32.2. The van der Waals surface area contributed by atoms with Gasteiger partial charge in [0.1, 0.15) is 6.04 Å². The number of rotatable bonds is 5. The molecule has 6 heteroatoms. The minimum Gasteiger partial charge on any atom is -0.351 e. The largest absolute Gasteiger partial charge is 0.351 e. The van der Waals surface area contributed by atoms with Crippen LogP contribution in [0.2, 0.25) is 0 Å². The third-order valence-corrected chi connectivity index (χ3v) is 6.32. The second-order valence-corrected chi connectivity index (χ2v) is 8.18. The van der Waals surface area contributed by atoms with Crippen LogP contribution >= 0.6 is 0 Å². The Balaban J connectivity index is 1.74. The quantitative estimate of drug-likeness (QED) is 0.893. The number of benzene rings is 2. The zero-order valence-corrected chi connectivity index (χ0v) is 15.0. The molecule has 2 aromatic carbocycles. The van der Waals surface area contributed by atoms with Gasteiger partial charge in [-0.25, -0.2) is 8.42 Å². The lowest BCUT2D eigenvalue weighted by Crippen LogP contribution is -2.45. The van der Waals surface area contributed by atoms with Crippen molar-refractivity contribution in [1.82, 2.24) is 9.62 Å². The first-order valence-electron chi connectivity index (χ1n) is 8.38. The molecule has 3 rings (SSSR count). The van der Waals surface area contributed by atoms with Crippen LogP contribution in [0.15, 0.2) is 59.5 Å². The monoisotopic (exact) mass is 358 g/mol. The van der Waals surface area contributed by atoms with Crippen molar-refractivity contribution in [1.29, 1.82) is 0 Å². The molecule has 1 heterocycles. The molecule has 1 saturated heterocycles. The number of hydrogen-bond donors (Lipinski definition) is 1. The lowest BCUT2D eigenvalue weighted by molar-refractivity contribution is -0.124. The summed E-state index contributed by atoms with van der Waals surface area (Å²) in [4.78, 5) is 12.8. The van der Waals surface area contributed by atoms with Gasteiger partial charge in [-0.15, -0.1) is 0 Å². The maximum Gasteiger partial charge on any atom is 0.243 e. The van der Waals surface area contributed by atoms with Gasteiger partial charge in [0.15, 0.2) is 0 Å². The molecular formula is C19H22N2O3S. The number of amides is 1. The number of nitrogens with zero attached hydrogens (tertiary/aromatic N) is 1. The third-order valence-electron chi connectivity index (χ3n) is 4.41. The number of carbonyl (C=O) groups excluding carboxylic acids is 1. The normalized spacial score (nSPS) is 18.2. The predicted molar refractivity (Wildman–Crippen MR) is 96.4 cm³/mol. The predicted octanol–water partition coefficient (Wildman–Crippen LogP) is 2.46. The Kier molecular flexibility index (Phi) is 5.20. The van der Waals surface area contributed by atoms with Crippen LogP contribution in [0.3, 0.4) is 0 Å². The Morgan fingerprint density at radius 1 is 1.16 bits per heavy atom.